The second kappa shape index (κ2) is 8.40. The van der Waals surface area contributed by atoms with E-state index in [1.807, 2.05) is 6.92 Å². The Morgan fingerprint density at radius 2 is 2.22 bits per heavy atom. The van der Waals surface area contributed by atoms with Gasteiger partial charge in [-0.3, -0.25) is 20.1 Å². The van der Waals surface area contributed by atoms with E-state index in [4.69, 9.17) is 16.3 Å². The van der Waals surface area contributed by atoms with Crippen LogP contribution in [-0.2, 0) is 17.8 Å². The minimum Gasteiger partial charge on any atom is -0.377 e. The number of nitrogens with zero attached hydrogens (tertiary/aromatic N) is 3. The predicted molar refractivity (Wildman–Crippen MR) is 87.7 cm³/mol. The molecule has 1 aromatic carbocycles. The van der Waals surface area contributed by atoms with Crippen molar-refractivity contribution in [3.8, 4) is 0 Å². The quantitative estimate of drug-likeness (QED) is 0.452. The summed E-state index contributed by atoms with van der Waals surface area (Å²) in [5.41, 5.74) is 2.00. The Kier molecular flexibility index (Phi) is 6.25. The van der Waals surface area contributed by atoms with Gasteiger partial charge in [-0.1, -0.05) is 18.5 Å². The van der Waals surface area contributed by atoms with Gasteiger partial charge in [-0.05, 0) is 18.1 Å². The molecule has 0 radical (unpaired) electrons. The SMILES string of the molecule is CCc1cc(NCCOCc2cnccn2)c([N+](=O)[O-])cc1Cl. The maximum absolute atomic E-state index is 11.1. The summed E-state index contributed by atoms with van der Waals surface area (Å²) in [6, 6.07) is 3.09. The monoisotopic (exact) mass is 336 g/mol. The number of nitro benzene ring substituents is 1. The molecule has 2 aromatic rings. The third-order valence-corrected chi connectivity index (χ3v) is 3.52. The van der Waals surface area contributed by atoms with Gasteiger partial charge in [0.1, 0.15) is 5.69 Å². The van der Waals surface area contributed by atoms with Crippen molar-refractivity contribution >= 4 is 23.0 Å². The fraction of sp³-hybridized carbons (Fsp3) is 0.333. The van der Waals surface area contributed by atoms with E-state index in [2.05, 4.69) is 15.3 Å². The molecule has 7 nitrogen and oxygen atoms in total. The van der Waals surface area contributed by atoms with Crippen LogP contribution in [0.3, 0.4) is 0 Å². The first kappa shape index (κ1) is 17.1. The molecule has 0 aliphatic carbocycles. The van der Waals surface area contributed by atoms with Crippen LogP contribution in [0.4, 0.5) is 11.4 Å². The van der Waals surface area contributed by atoms with Crippen molar-refractivity contribution < 1.29 is 9.66 Å². The molecule has 1 aromatic heterocycles. The number of hydrogen-bond donors (Lipinski definition) is 1. The van der Waals surface area contributed by atoms with Crippen molar-refractivity contribution in [3.63, 3.8) is 0 Å². The fourth-order valence-corrected chi connectivity index (χ4v) is 2.30. The lowest BCUT2D eigenvalue weighted by molar-refractivity contribution is -0.384. The molecule has 0 spiro atoms. The molecular weight excluding hydrogens is 320 g/mol. The molecular formula is C15H17ClN4O3. The van der Waals surface area contributed by atoms with Crippen LogP contribution in [0.25, 0.3) is 0 Å². The van der Waals surface area contributed by atoms with Gasteiger partial charge in [0.05, 0.1) is 35.1 Å². The number of ether oxygens (including phenoxy) is 1. The predicted octanol–water partition coefficient (Wildman–Crippen LogP) is 3.23. The largest absolute Gasteiger partial charge is 0.377 e. The van der Waals surface area contributed by atoms with Crippen LogP contribution in [0.15, 0.2) is 30.7 Å². The summed E-state index contributed by atoms with van der Waals surface area (Å²) in [4.78, 5) is 18.7. The van der Waals surface area contributed by atoms with E-state index in [9.17, 15) is 10.1 Å². The minimum absolute atomic E-state index is 0.0406. The van der Waals surface area contributed by atoms with Crippen molar-refractivity contribution in [2.75, 3.05) is 18.5 Å². The zero-order valence-corrected chi connectivity index (χ0v) is 13.4. The van der Waals surface area contributed by atoms with Crippen LogP contribution in [0, 0.1) is 10.1 Å². The molecule has 0 fully saturated rings. The Hall–Kier alpha value is -2.25. The standard InChI is InChI=1S/C15H17ClN4O3/c1-2-11-7-14(15(20(21)22)8-13(11)16)19-5-6-23-10-12-9-17-3-4-18-12/h3-4,7-9,19H,2,5-6,10H2,1H3. The maximum atomic E-state index is 11.1. The Morgan fingerprint density at radius 1 is 1.39 bits per heavy atom. The van der Waals surface area contributed by atoms with Crippen molar-refractivity contribution in [1.82, 2.24) is 9.97 Å². The van der Waals surface area contributed by atoms with Crippen LogP contribution >= 0.6 is 11.6 Å². The first-order valence-electron chi connectivity index (χ1n) is 7.15. The summed E-state index contributed by atoms with van der Waals surface area (Å²) >= 11 is 6.03. The van der Waals surface area contributed by atoms with Gasteiger partial charge >= 0.3 is 0 Å². The zero-order valence-electron chi connectivity index (χ0n) is 12.7. The van der Waals surface area contributed by atoms with E-state index in [1.165, 1.54) is 6.07 Å². The summed E-state index contributed by atoms with van der Waals surface area (Å²) in [6.07, 6.45) is 5.52. The van der Waals surface area contributed by atoms with Crippen LogP contribution in [0.5, 0.6) is 0 Å². The van der Waals surface area contributed by atoms with Gasteiger partial charge < -0.3 is 10.1 Å². The number of hydrogen-bond acceptors (Lipinski definition) is 6. The molecule has 23 heavy (non-hydrogen) atoms. The van der Waals surface area contributed by atoms with E-state index in [1.54, 1.807) is 24.7 Å². The number of nitrogens with one attached hydrogen (secondary N) is 1. The molecule has 1 N–H and O–H groups in total. The zero-order chi connectivity index (χ0) is 16.7. The van der Waals surface area contributed by atoms with Crippen molar-refractivity contribution in [1.29, 1.82) is 0 Å². The van der Waals surface area contributed by atoms with Crippen LogP contribution in [0.2, 0.25) is 5.02 Å². The number of halogens is 1. The average molecular weight is 337 g/mol. The fourth-order valence-electron chi connectivity index (χ4n) is 2.01. The highest BCUT2D eigenvalue weighted by molar-refractivity contribution is 6.31. The van der Waals surface area contributed by atoms with E-state index < -0.39 is 4.92 Å². The third-order valence-electron chi connectivity index (χ3n) is 3.17. The molecule has 8 heteroatoms. The number of nitro groups is 1. The van der Waals surface area contributed by atoms with Gasteiger partial charge in [-0.2, -0.15) is 0 Å². The van der Waals surface area contributed by atoms with Crippen molar-refractivity contribution in [3.05, 3.63) is 57.1 Å². The second-order valence-corrected chi connectivity index (χ2v) is 5.15. The maximum Gasteiger partial charge on any atom is 0.293 e. The van der Waals surface area contributed by atoms with Crippen molar-refractivity contribution in [2.24, 2.45) is 0 Å². The van der Waals surface area contributed by atoms with E-state index >= 15 is 0 Å². The first-order valence-corrected chi connectivity index (χ1v) is 7.53. The Morgan fingerprint density at radius 3 is 2.87 bits per heavy atom. The molecule has 0 atom stereocenters. The summed E-state index contributed by atoms with van der Waals surface area (Å²) in [5, 5.41) is 14.5. The molecule has 0 aliphatic rings. The van der Waals surface area contributed by atoms with Crippen LogP contribution in [-0.4, -0.2) is 28.0 Å². The number of benzene rings is 1. The summed E-state index contributed by atoms with van der Waals surface area (Å²) in [5.74, 6) is 0. The summed E-state index contributed by atoms with van der Waals surface area (Å²) < 4.78 is 5.46. The number of anilines is 1. The van der Waals surface area contributed by atoms with Gasteiger partial charge in [0.25, 0.3) is 5.69 Å². The second-order valence-electron chi connectivity index (χ2n) is 4.75. The van der Waals surface area contributed by atoms with Crippen LogP contribution in [0.1, 0.15) is 18.2 Å². The summed E-state index contributed by atoms with van der Waals surface area (Å²) in [7, 11) is 0. The lowest BCUT2D eigenvalue weighted by Crippen LogP contribution is -2.11. The minimum atomic E-state index is -0.450. The third kappa shape index (κ3) is 4.87. The topological polar surface area (TPSA) is 90.2 Å². The van der Waals surface area contributed by atoms with E-state index in [0.29, 0.717) is 36.9 Å². The lowest BCUT2D eigenvalue weighted by Gasteiger charge is -2.10. The normalized spacial score (nSPS) is 10.5. The molecule has 0 aliphatic heterocycles. The van der Waals surface area contributed by atoms with Gasteiger partial charge in [-0.15, -0.1) is 0 Å². The Balaban J connectivity index is 1.90. The van der Waals surface area contributed by atoms with Crippen molar-refractivity contribution in [2.45, 2.75) is 20.0 Å². The van der Waals surface area contributed by atoms with E-state index in [0.717, 1.165) is 11.3 Å². The molecule has 122 valence electrons. The molecule has 2 rings (SSSR count). The van der Waals surface area contributed by atoms with E-state index in [-0.39, 0.29) is 5.69 Å². The Bertz CT molecular complexity index is 667. The lowest BCUT2D eigenvalue weighted by atomic mass is 10.1. The van der Waals surface area contributed by atoms with Gasteiger partial charge in [0.15, 0.2) is 0 Å². The number of aryl methyl sites for hydroxylation is 1. The first-order chi connectivity index (χ1) is 11.1. The summed E-state index contributed by atoms with van der Waals surface area (Å²) in [6.45, 7) is 3.11. The molecule has 0 saturated heterocycles. The number of rotatable bonds is 8. The molecule has 0 amide bonds. The molecule has 0 bridgehead atoms. The Labute approximate surface area is 138 Å². The molecule has 0 saturated carbocycles. The highest BCUT2D eigenvalue weighted by Gasteiger charge is 2.16. The van der Waals surface area contributed by atoms with Gasteiger partial charge in [0, 0.05) is 25.0 Å². The van der Waals surface area contributed by atoms with Gasteiger partial charge in [-0.25, -0.2) is 0 Å². The number of aromatic nitrogens is 2. The van der Waals surface area contributed by atoms with Crippen LogP contribution < -0.4 is 5.32 Å². The highest BCUT2D eigenvalue weighted by Crippen LogP contribution is 2.31. The van der Waals surface area contributed by atoms with Gasteiger partial charge in [0.2, 0.25) is 0 Å². The average Bonchev–Trinajstić information content (AvgIpc) is 2.56. The molecule has 1 heterocycles. The smallest absolute Gasteiger partial charge is 0.293 e. The highest BCUT2D eigenvalue weighted by atomic mass is 35.5. The molecule has 0 unspecified atom stereocenters.